The van der Waals surface area contributed by atoms with E-state index in [1.54, 1.807) is 24.1 Å². The van der Waals surface area contributed by atoms with Crippen molar-refractivity contribution >= 4 is 11.6 Å². The van der Waals surface area contributed by atoms with Gasteiger partial charge >= 0.3 is 0 Å². The molecule has 2 N–H and O–H groups in total. The molecule has 1 aromatic heterocycles. The molecule has 0 aliphatic carbocycles. The van der Waals surface area contributed by atoms with E-state index in [-0.39, 0.29) is 12.5 Å². The molecule has 2 aromatic rings. The third kappa shape index (κ3) is 4.24. The summed E-state index contributed by atoms with van der Waals surface area (Å²) >= 11 is 0. The van der Waals surface area contributed by atoms with E-state index < -0.39 is 0 Å². The Bertz CT molecular complexity index is 595. The van der Waals surface area contributed by atoms with Crippen molar-refractivity contribution in [3.63, 3.8) is 0 Å². The molecule has 0 bridgehead atoms. The highest BCUT2D eigenvalue weighted by Gasteiger charge is 2.05. The number of likely N-dealkylation sites (N-methyl/N-ethyl adjacent to an activating group) is 1. The van der Waals surface area contributed by atoms with E-state index in [9.17, 15) is 4.79 Å². The second kappa shape index (κ2) is 7.33. The number of benzene rings is 1. The van der Waals surface area contributed by atoms with Crippen LogP contribution in [0.3, 0.4) is 0 Å². The predicted molar refractivity (Wildman–Crippen MR) is 81.2 cm³/mol. The van der Waals surface area contributed by atoms with Crippen molar-refractivity contribution in [1.29, 1.82) is 0 Å². The van der Waals surface area contributed by atoms with Gasteiger partial charge in [0.25, 0.3) is 0 Å². The molecule has 0 saturated heterocycles. The summed E-state index contributed by atoms with van der Waals surface area (Å²) in [5.41, 5.74) is 1.95. The van der Waals surface area contributed by atoms with E-state index >= 15 is 0 Å². The molecule has 112 valence electrons. The second-order valence-corrected chi connectivity index (χ2v) is 4.49. The van der Waals surface area contributed by atoms with Gasteiger partial charge in [-0.3, -0.25) is 9.48 Å². The molecule has 2 rings (SSSR count). The normalized spacial score (nSPS) is 10.2. The number of ether oxygens (including phenoxy) is 1. The summed E-state index contributed by atoms with van der Waals surface area (Å²) in [6.07, 6.45) is 3.50. The van der Waals surface area contributed by atoms with Crippen LogP contribution in [-0.4, -0.2) is 29.3 Å². The first-order valence-electron chi connectivity index (χ1n) is 6.90. The summed E-state index contributed by atoms with van der Waals surface area (Å²) < 4.78 is 7.18. The van der Waals surface area contributed by atoms with Crippen molar-refractivity contribution in [3.05, 3.63) is 42.2 Å². The third-order valence-electron chi connectivity index (χ3n) is 2.97. The number of carbonyl (C=O) groups excluding carboxylic acids is 1. The maximum absolute atomic E-state index is 11.3. The molecule has 0 unspecified atom stereocenters. The summed E-state index contributed by atoms with van der Waals surface area (Å²) in [5.74, 6) is 0.802. The lowest BCUT2D eigenvalue weighted by molar-refractivity contribution is -0.121. The van der Waals surface area contributed by atoms with E-state index in [0.717, 1.165) is 17.0 Å². The molecule has 21 heavy (non-hydrogen) atoms. The standard InChI is InChI=1S/C15H20N4O2/c1-3-21-14-7-5-4-6-12(14)8-17-13-9-18-19(10-13)11-15(20)16-2/h4-7,9-10,17H,3,8,11H2,1-2H3,(H,16,20). The first-order chi connectivity index (χ1) is 10.2. The third-order valence-corrected chi connectivity index (χ3v) is 2.97. The molecule has 0 saturated carbocycles. The number of amides is 1. The van der Waals surface area contributed by atoms with Gasteiger partial charge in [0.2, 0.25) is 5.91 Å². The van der Waals surface area contributed by atoms with Crippen molar-refractivity contribution in [2.75, 3.05) is 19.0 Å². The molecule has 0 radical (unpaired) electrons. The van der Waals surface area contributed by atoms with Gasteiger partial charge in [-0.1, -0.05) is 18.2 Å². The first-order valence-corrected chi connectivity index (χ1v) is 6.90. The quantitative estimate of drug-likeness (QED) is 0.812. The van der Waals surface area contributed by atoms with E-state index in [1.165, 1.54) is 0 Å². The Hall–Kier alpha value is -2.50. The summed E-state index contributed by atoms with van der Waals surface area (Å²) in [4.78, 5) is 11.3. The Labute approximate surface area is 124 Å². The zero-order valence-corrected chi connectivity index (χ0v) is 12.3. The van der Waals surface area contributed by atoms with Gasteiger partial charge < -0.3 is 15.4 Å². The number of carbonyl (C=O) groups is 1. The van der Waals surface area contributed by atoms with Crippen LogP contribution in [0.4, 0.5) is 5.69 Å². The summed E-state index contributed by atoms with van der Waals surface area (Å²) in [6, 6.07) is 7.91. The smallest absolute Gasteiger partial charge is 0.241 e. The number of nitrogens with one attached hydrogen (secondary N) is 2. The van der Waals surface area contributed by atoms with Crippen molar-refractivity contribution < 1.29 is 9.53 Å². The number of hydrogen-bond donors (Lipinski definition) is 2. The number of aromatic nitrogens is 2. The molecular formula is C15H20N4O2. The van der Waals surface area contributed by atoms with Crippen molar-refractivity contribution in [2.45, 2.75) is 20.0 Å². The van der Waals surface area contributed by atoms with E-state index in [1.807, 2.05) is 31.2 Å². The SMILES string of the molecule is CCOc1ccccc1CNc1cnn(CC(=O)NC)c1. The molecule has 0 fully saturated rings. The fraction of sp³-hybridized carbons (Fsp3) is 0.333. The largest absolute Gasteiger partial charge is 0.494 e. The number of anilines is 1. The van der Waals surface area contributed by atoms with Gasteiger partial charge in [-0.05, 0) is 13.0 Å². The topological polar surface area (TPSA) is 68.2 Å². The predicted octanol–water partition coefficient (Wildman–Crippen LogP) is 1.64. The fourth-order valence-corrected chi connectivity index (χ4v) is 1.91. The molecular weight excluding hydrogens is 268 g/mol. The van der Waals surface area contributed by atoms with Crippen molar-refractivity contribution in [1.82, 2.24) is 15.1 Å². The number of nitrogens with zero attached hydrogens (tertiary/aromatic N) is 2. The zero-order valence-electron chi connectivity index (χ0n) is 12.3. The maximum atomic E-state index is 11.3. The minimum atomic E-state index is -0.0775. The van der Waals surface area contributed by atoms with Crippen LogP contribution < -0.4 is 15.4 Å². The summed E-state index contributed by atoms with van der Waals surface area (Å²) in [7, 11) is 1.61. The Morgan fingerprint density at radius 2 is 2.19 bits per heavy atom. The molecule has 6 nitrogen and oxygen atoms in total. The minimum Gasteiger partial charge on any atom is -0.494 e. The van der Waals surface area contributed by atoms with Gasteiger partial charge in [0.05, 0.1) is 18.5 Å². The Balaban J connectivity index is 1.95. The van der Waals surface area contributed by atoms with Gasteiger partial charge in [-0.2, -0.15) is 5.10 Å². The second-order valence-electron chi connectivity index (χ2n) is 4.49. The number of para-hydroxylation sites is 1. The molecule has 6 heteroatoms. The van der Waals surface area contributed by atoms with Crippen LogP contribution >= 0.6 is 0 Å². The van der Waals surface area contributed by atoms with Crippen LogP contribution in [0.5, 0.6) is 5.75 Å². The highest BCUT2D eigenvalue weighted by atomic mass is 16.5. The average Bonchev–Trinajstić information content (AvgIpc) is 2.94. The van der Waals surface area contributed by atoms with Gasteiger partial charge in [0.15, 0.2) is 0 Å². The lowest BCUT2D eigenvalue weighted by Gasteiger charge is -2.10. The zero-order chi connectivity index (χ0) is 15.1. The lowest BCUT2D eigenvalue weighted by atomic mass is 10.2. The monoisotopic (exact) mass is 288 g/mol. The highest BCUT2D eigenvalue weighted by molar-refractivity contribution is 5.75. The fourth-order valence-electron chi connectivity index (χ4n) is 1.91. The first kappa shape index (κ1) is 14.9. The van der Waals surface area contributed by atoms with Gasteiger partial charge in [-0.15, -0.1) is 0 Å². The molecule has 1 aromatic carbocycles. The molecule has 1 amide bonds. The van der Waals surface area contributed by atoms with Crippen LogP contribution in [0.15, 0.2) is 36.7 Å². The number of rotatable bonds is 7. The summed E-state index contributed by atoms with van der Waals surface area (Å²) in [5, 5.41) is 9.98. The highest BCUT2D eigenvalue weighted by Crippen LogP contribution is 2.19. The molecule has 1 heterocycles. The van der Waals surface area contributed by atoms with Gasteiger partial charge in [0.1, 0.15) is 12.3 Å². The van der Waals surface area contributed by atoms with Crippen LogP contribution in [0.2, 0.25) is 0 Å². The van der Waals surface area contributed by atoms with Gasteiger partial charge in [-0.25, -0.2) is 0 Å². The Morgan fingerprint density at radius 1 is 1.38 bits per heavy atom. The average molecular weight is 288 g/mol. The van der Waals surface area contributed by atoms with Crippen LogP contribution in [0, 0.1) is 0 Å². The number of hydrogen-bond acceptors (Lipinski definition) is 4. The minimum absolute atomic E-state index is 0.0775. The molecule has 0 aliphatic rings. The summed E-state index contributed by atoms with van der Waals surface area (Å²) in [6.45, 7) is 3.46. The molecule has 0 aliphatic heterocycles. The van der Waals surface area contributed by atoms with E-state index in [0.29, 0.717) is 13.2 Å². The van der Waals surface area contributed by atoms with Crippen molar-refractivity contribution in [3.8, 4) is 5.75 Å². The maximum Gasteiger partial charge on any atom is 0.241 e. The van der Waals surface area contributed by atoms with E-state index in [2.05, 4.69) is 15.7 Å². The molecule has 0 spiro atoms. The van der Waals surface area contributed by atoms with Crippen LogP contribution in [-0.2, 0) is 17.9 Å². The van der Waals surface area contributed by atoms with Crippen molar-refractivity contribution in [2.24, 2.45) is 0 Å². The lowest BCUT2D eigenvalue weighted by Crippen LogP contribution is -2.23. The molecule has 0 atom stereocenters. The Morgan fingerprint density at radius 3 is 2.95 bits per heavy atom. The Kier molecular flexibility index (Phi) is 5.20. The van der Waals surface area contributed by atoms with Crippen LogP contribution in [0.1, 0.15) is 12.5 Å². The van der Waals surface area contributed by atoms with Gasteiger partial charge in [0, 0.05) is 25.4 Å². The van der Waals surface area contributed by atoms with Crippen LogP contribution in [0.25, 0.3) is 0 Å². The van der Waals surface area contributed by atoms with E-state index in [4.69, 9.17) is 4.74 Å².